The van der Waals surface area contributed by atoms with Gasteiger partial charge in [-0.1, -0.05) is 11.6 Å². The van der Waals surface area contributed by atoms with Gasteiger partial charge in [-0.05, 0) is 24.3 Å². The molecule has 0 spiro atoms. The van der Waals surface area contributed by atoms with Crippen LogP contribution < -0.4 is 10.6 Å². The molecular weight excluding hydrogens is 472 g/mol. The summed E-state index contributed by atoms with van der Waals surface area (Å²) in [5.41, 5.74) is 1.50. The lowest BCUT2D eigenvalue weighted by Gasteiger charge is -2.49. The van der Waals surface area contributed by atoms with Crippen LogP contribution in [-0.2, 0) is 23.9 Å². The number of benzene rings is 1. The number of hydrogen-bond acceptors (Lipinski definition) is 8. The zero-order chi connectivity index (χ0) is 23.7. The number of rotatable bonds is 7. The molecule has 1 aromatic heterocycles. The number of anilines is 1. The van der Waals surface area contributed by atoms with Crippen LogP contribution >= 0.6 is 23.4 Å². The molecule has 2 aromatic rings. The van der Waals surface area contributed by atoms with E-state index in [9.17, 15) is 24.3 Å². The molecule has 4 rings (SSSR count). The van der Waals surface area contributed by atoms with Crippen LogP contribution in [0.4, 0.5) is 5.69 Å². The lowest BCUT2D eigenvalue weighted by molar-refractivity contribution is -0.150. The number of hydrogen-bond donors (Lipinski definition) is 3. The summed E-state index contributed by atoms with van der Waals surface area (Å²) in [6, 6.07) is 6.12. The number of carbonyl (C=O) groups excluding carboxylic acids is 3. The molecule has 0 bridgehead atoms. The van der Waals surface area contributed by atoms with E-state index in [1.54, 1.807) is 30.5 Å². The Morgan fingerprint density at radius 1 is 1.33 bits per heavy atom. The van der Waals surface area contributed by atoms with Gasteiger partial charge in [-0.15, -0.1) is 11.8 Å². The number of nitrogens with one attached hydrogen (secondary N) is 2. The van der Waals surface area contributed by atoms with Crippen LogP contribution in [0.15, 0.2) is 41.7 Å². The number of aromatic nitrogens is 1. The average Bonchev–Trinajstić information content (AvgIpc) is 2.78. The van der Waals surface area contributed by atoms with Gasteiger partial charge < -0.3 is 20.5 Å². The standard InChI is InChI=1S/C21H19ClN4O6S/c1-10(27)32-8-11-9-33-20-17(19(29)26(20)18(11)21(30)31)25-16(28)7-24-14-4-5-23-15-6-12(22)2-3-13(14)15/h2-6,17,20H,7-9H2,1H3,(H,23,24)(H,25,28)(H,30,31)/t17-,20-/m1/s1. The first-order valence-corrected chi connectivity index (χ1v) is 11.3. The van der Waals surface area contributed by atoms with Crippen LogP contribution in [0.25, 0.3) is 10.9 Å². The highest BCUT2D eigenvalue weighted by atomic mass is 35.5. The van der Waals surface area contributed by atoms with E-state index >= 15 is 0 Å². The molecule has 12 heteroatoms. The van der Waals surface area contributed by atoms with E-state index < -0.39 is 35.2 Å². The van der Waals surface area contributed by atoms with Crippen molar-refractivity contribution in [2.24, 2.45) is 0 Å². The largest absolute Gasteiger partial charge is 0.477 e. The van der Waals surface area contributed by atoms with Gasteiger partial charge in [-0.2, -0.15) is 0 Å². The molecule has 0 saturated carbocycles. The van der Waals surface area contributed by atoms with Crippen molar-refractivity contribution in [3.8, 4) is 0 Å². The lowest BCUT2D eigenvalue weighted by Crippen LogP contribution is -2.71. The normalized spacial score (nSPS) is 19.6. The minimum atomic E-state index is -1.29. The Morgan fingerprint density at radius 2 is 2.12 bits per heavy atom. The molecule has 0 aliphatic carbocycles. The second-order valence-corrected chi connectivity index (χ2v) is 8.91. The Morgan fingerprint density at radius 3 is 2.85 bits per heavy atom. The van der Waals surface area contributed by atoms with Crippen molar-refractivity contribution in [1.29, 1.82) is 0 Å². The molecule has 1 aromatic carbocycles. The number of halogens is 1. The second-order valence-electron chi connectivity index (χ2n) is 7.37. The lowest BCUT2D eigenvalue weighted by atomic mass is 10.0. The number of fused-ring (bicyclic) bond motifs is 2. The molecule has 3 heterocycles. The molecule has 172 valence electrons. The minimum absolute atomic E-state index is 0.0950. The number of carbonyl (C=O) groups is 4. The van der Waals surface area contributed by atoms with Crippen molar-refractivity contribution < 1.29 is 29.0 Å². The van der Waals surface area contributed by atoms with Gasteiger partial charge in [0.15, 0.2) is 0 Å². The van der Waals surface area contributed by atoms with Gasteiger partial charge in [0.1, 0.15) is 23.7 Å². The summed E-state index contributed by atoms with van der Waals surface area (Å²) in [7, 11) is 0. The molecule has 33 heavy (non-hydrogen) atoms. The van der Waals surface area contributed by atoms with Crippen LogP contribution in [0.1, 0.15) is 6.92 Å². The maximum atomic E-state index is 12.7. The van der Waals surface area contributed by atoms with Gasteiger partial charge in [0.05, 0.1) is 12.1 Å². The Kier molecular flexibility index (Phi) is 6.43. The van der Waals surface area contributed by atoms with Gasteiger partial charge in [-0.3, -0.25) is 24.3 Å². The smallest absolute Gasteiger partial charge is 0.352 e. The van der Waals surface area contributed by atoms with E-state index in [-0.39, 0.29) is 24.6 Å². The van der Waals surface area contributed by atoms with Crippen LogP contribution in [0.2, 0.25) is 5.02 Å². The Hall–Kier alpha value is -3.31. The van der Waals surface area contributed by atoms with Crippen molar-refractivity contribution in [3.05, 3.63) is 46.8 Å². The number of carboxylic acid groups (broad SMARTS) is 1. The van der Waals surface area contributed by atoms with Crippen LogP contribution in [0, 0.1) is 0 Å². The van der Waals surface area contributed by atoms with Gasteiger partial charge in [0.2, 0.25) is 5.91 Å². The summed E-state index contributed by atoms with van der Waals surface area (Å²) in [4.78, 5) is 53.4. The maximum Gasteiger partial charge on any atom is 0.352 e. The van der Waals surface area contributed by atoms with Gasteiger partial charge in [-0.25, -0.2) is 4.79 Å². The summed E-state index contributed by atoms with van der Waals surface area (Å²) in [5.74, 6) is -2.51. The molecule has 3 N–H and O–H groups in total. The predicted octanol–water partition coefficient (Wildman–Crippen LogP) is 1.60. The summed E-state index contributed by atoms with van der Waals surface area (Å²) in [6.07, 6.45) is 1.60. The van der Waals surface area contributed by atoms with E-state index in [1.165, 1.54) is 18.7 Å². The molecule has 2 amide bonds. The summed E-state index contributed by atoms with van der Waals surface area (Å²) in [5, 5.41) is 16.1. The van der Waals surface area contributed by atoms with Gasteiger partial charge >= 0.3 is 11.9 Å². The highest BCUT2D eigenvalue weighted by molar-refractivity contribution is 8.00. The monoisotopic (exact) mass is 490 g/mol. The van der Waals surface area contributed by atoms with E-state index in [1.807, 2.05) is 0 Å². The quantitative estimate of drug-likeness (QED) is 0.390. The van der Waals surface area contributed by atoms with E-state index in [0.29, 0.717) is 21.8 Å². The van der Waals surface area contributed by atoms with Gasteiger partial charge in [0, 0.05) is 40.5 Å². The maximum absolute atomic E-state index is 12.7. The predicted molar refractivity (Wildman–Crippen MR) is 122 cm³/mol. The molecule has 2 aliphatic rings. The first-order valence-electron chi connectivity index (χ1n) is 9.87. The van der Waals surface area contributed by atoms with Crippen LogP contribution in [-0.4, -0.2) is 69.1 Å². The number of esters is 1. The molecule has 1 fully saturated rings. The summed E-state index contributed by atoms with van der Waals surface area (Å²) < 4.78 is 4.91. The van der Waals surface area contributed by atoms with Crippen molar-refractivity contribution >= 4 is 63.7 Å². The number of aliphatic carboxylic acids is 1. The second kappa shape index (κ2) is 9.28. The third kappa shape index (κ3) is 4.60. The van der Waals surface area contributed by atoms with Crippen LogP contribution in [0.3, 0.4) is 0 Å². The zero-order valence-electron chi connectivity index (χ0n) is 17.3. The number of nitrogens with zero attached hydrogens (tertiary/aromatic N) is 2. The third-order valence-corrected chi connectivity index (χ3v) is 6.73. The highest BCUT2D eigenvalue weighted by Crippen LogP contribution is 2.40. The van der Waals surface area contributed by atoms with Gasteiger partial charge in [0.25, 0.3) is 5.91 Å². The number of thioether (sulfide) groups is 1. The number of β-lactam (4-membered cyclic amide) rings is 1. The van der Waals surface area contributed by atoms with Crippen molar-refractivity contribution in [2.75, 3.05) is 24.2 Å². The minimum Gasteiger partial charge on any atom is -0.477 e. The van der Waals surface area contributed by atoms with E-state index in [4.69, 9.17) is 16.3 Å². The summed E-state index contributed by atoms with van der Waals surface area (Å²) in [6.45, 7) is 0.923. The third-order valence-electron chi connectivity index (χ3n) is 5.16. The molecule has 10 nitrogen and oxygen atoms in total. The SMILES string of the molecule is CC(=O)OCC1=C(C(=O)O)N2C(=O)[C@@H](NC(=O)CNc3ccnc4cc(Cl)ccc34)[C@H]2SC1. The number of pyridine rings is 1. The molecule has 2 atom stereocenters. The first-order chi connectivity index (χ1) is 15.8. The van der Waals surface area contributed by atoms with Crippen molar-refractivity contribution in [1.82, 2.24) is 15.2 Å². The molecule has 0 radical (unpaired) electrons. The van der Waals surface area contributed by atoms with Crippen molar-refractivity contribution in [2.45, 2.75) is 18.3 Å². The first kappa shape index (κ1) is 22.9. The number of ether oxygens (including phenoxy) is 1. The Bertz CT molecular complexity index is 1200. The Balaban J connectivity index is 1.40. The number of amides is 2. The number of carboxylic acids is 1. The average molecular weight is 491 g/mol. The fourth-order valence-electron chi connectivity index (χ4n) is 3.66. The van der Waals surface area contributed by atoms with E-state index in [0.717, 1.165) is 10.3 Å². The highest BCUT2D eigenvalue weighted by Gasteiger charge is 2.54. The fourth-order valence-corrected chi connectivity index (χ4v) is 5.15. The Labute approximate surface area is 197 Å². The molecule has 2 aliphatic heterocycles. The molecular formula is C21H19ClN4O6S. The van der Waals surface area contributed by atoms with Crippen molar-refractivity contribution in [3.63, 3.8) is 0 Å². The van der Waals surface area contributed by atoms with E-state index in [2.05, 4.69) is 15.6 Å². The molecule has 1 saturated heterocycles. The topological polar surface area (TPSA) is 138 Å². The molecule has 0 unspecified atom stereocenters. The van der Waals surface area contributed by atoms with Crippen LogP contribution in [0.5, 0.6) is 0 Å². The fraction of sp³-hybridized carbons (Fsp3) is 0.286. The summed E-state index contributed by atoms with van der Waals surface area (Å²) >= 11 is 7.30. The zero-order valence-corrected chi connectivity index (χ0v) is 18.9.